The van der Waals surface area contributed by atoms with E-state index in [2.05, 4.69) is 11.4 Å². The van der Waals surface area contributed by atoms with Gasteiger partial charge in [-0.2, -0.15) is 0 Å². The summed E-state index contributed by atoms with van der Waals surface area (Å²) < 4.78 is 11.3. The van der Waals surface area contributed by atoms with E-state index >= 15 is 0 Å². The second-order valence-electron chi connectivity index (χ2n) is 5.80. The van der Waals surface area contributed by atoms with Crippen molar-refractivity contribution < 1.29 is 14.3 Å². The minimum absolute atomic E-state index is 0.0253. The van der Waals surface area contributed by atoms with Gasteiger partial charge in [-0.1, -0.05) is 24.3 Å². The molecule has 1 aliphatic rings. The van der Waals surface area contributed by atoms with Crippen LogP contribution in [0, 0.1) is 0 Å². The van der Waals surface area contributed by atoms with Gasteiger partial charge in [0.2, 0.25) is 0 Å². The van der Waals surface area contributed by atoms with Crippen molar-refractivity contribution in [2.75, 3.05) is 13.2 Å². The summed E-state index contributed by atoms with van der Waals surface area (Å²) in [7, 11) is 0. The van der Waals surface area contributed by atoms with Gasteiger partial charge in [0.1, 0.15) is 0 Å². The molecule has 1 amide bonds. The lowest BCUT2D eigenvalue weighted by Gasteiger charge is -2.14. The molecule has 24 heavy (non-hydrogen) atoms. The quantitative estimate of drug-likeness (QED) is 0.840. The topological polar surface area (TPSA) is 47.6 Å². The molecule has 2 aromatic carbocycles. The van der Waals surface area contributed by atoms with Crippen LogP contribution in [-0.2, 0) is 6.42 Å². The molecular weight excluding hydrogens is 302 g/mol. The molecule has 3 rings (SSSR count). The van der Waals surface area contributed by atoms with E-state index in [9.17, 15) is 4.79 Å². The van der Waals surface area contributed by atoms with Crippen molar-refractivity contribution >= 4 is 5.91 Å². The van der Waals surface area contributed by atoms with Gasteiger partial charge in [0.05, 0.1) is 19.3 Å². The smallest absolute Gasteiger partial charge is 0.252 e. The Kier molecular flexibility index (Phi) is 5.04. The lowest BCUT2D eigenvalue weighted by atomic mass is 9.98. The van der Waals surface area contributed by atoms with Crippen LogP contribution in [0.25, 0.3) is 0 Å². The number of fused-ring (bicyclic) bond motifs is 1. The van der Waals surface area contributed by atoms with Gasteiger partial charge >= 0.3 is 0 Å². The largest absolute Gasteiger partial charge is 0.490 e. The number of benzene rings is 2. The molecule has 0 radical (unpaired) electrons. The summed E-state index contributed by atoms with van der Waals surface area (Å²) in [6, 6.07) is 13.9. The van der Waals surface area contributed by atoms with Gasteiger partial charge < -0.3 is 14.8 Å². The van der Waals surface area contributed by atoms with E-state index in [4.69, 9.17) is 9.47 Å². The molecule has 1 atom stereocenters. The Labute approximate surface area is 142 Å². The third-order valence-electron chi connectivity index (χ3n) is 4.22. The number of aryl methyl sites for hydroxylation is 1. The van der Waals surface area contributed by atoms with Crippen molar-refractivity contribution in [3.8, 4) is 11.5 Å². The van der Waals surface area contributed by atoms with Gasteiger partial charge in [0.15, 0.2) is 11.5 Å². The lowest BCUT2D eigenvalue weighted by molar-refractivity contribution is 0.0955. The number of hydrogen-bond donors (Lipinski definition) is 1. The minimum atomic E-state index is 0.0253. The fourth-order valence-electron chi connectivity index (χ4n) is 3.11. The normalized spacial score (nSPS) is 15.8. The van der Waals surface area contributed by atoms with Crippen LogP contribution in [0.5, 0.6) is 11.5 Å². The van der Waals surface area contributed by atoms with Gasteiger partial charge in [-0.05, 0) is 56.0 Å². The van der Waals surface area contributed by atoms with Crippen molar-refractivity contribution in [1.82, 2.24) is 5.32 Å². The number of hydrogen-bond acceptors (Lipinski definition) is 3. The second-order valence-corrected chi connectivity index (χ2v) is 5.80. The molecule has 0 fully saturated rings. The van der Waals surface area contributed by atoms with E-state index in [1.807, 2.05) is 50.2 Å². The first-order valence-corrected chi connectivity index (χ1v) is 8.51. The highest BCUT2D eigenvalue weighted by molar-refractivity contribution is 5.99. The van der Waals surface area contributed by atoms with Crippen LogP contribution in [-0.4, -0.2) is 19.1 Å². The van der Waals surface area contributed by atoms with Gasteiger partial charge in [0, 0.05) is 5.56 Å². The molecule has 1 heterocycles. The number of nitrogens with one attached hydrogen (secondary N) is 1. The first-order chi connectivity index (χ1) is 11.7. The Morgan fingerprint density at radius 3 is 2.54 bits per heavy atom. The van der Waals surface area contributed by atoms with E-state index in [1.165, 1.54) is 5.56 Å². The number of carbonyl (C=O) groups is 1. The fraction of sp³-hybridized carbons (Fsp3) is 0.350. The maximum atomic E-state index is 12.0. The maximum Gasteiger partial charge on any atom is 0.252 e. The summed E-state index contributed by atoms with van der Waals surface area (Å²) in [5.41, 5.74) is 3.07. The van der Waals surface area contributed by atoms with Crippen LogP contribution >= 0.6 is 0 Å². The summed E-state index contributed by atoms with van der Waals surface area (Å²) in [4.78, 5) is 12.0. The van der Waals surface area contributed by atoms with Gasteiger partial charge in [0.25, 0.3) is 5.91 Å². The first kappa shape index (κ1) is 16.4. The van der Waals surface area contributed by atoms with Crippen molar-refractivity contribution in [1.29, 1.82) is 0 Å². The number of amides is 1. The maximum absolute atomic E-state index is 12.0. The van der Waals surface area contributed by atoms with E-state index < -0.39 is 0 Å². The molecule has 2 aromatic rings. The van der Waals surface area contributed by atoms with Gasteiger partial charge in [-0.3, -0.25) is 4.79 Å². The molecule has 0 saturated carbocycles. The first-order valence-electron chi connectivity index (χ1n) is 8.51. The molecule has 0 aromatic heterocycles. The van der Waals surface area contributed by atoms with E-state index in [0.29, 0.717) is 13.2 Å². The lowest BCUT2D eigenvalue weighted by Crippen LogP contribution is -2.19. The summed E-state index contributed by atoms with van der Waals surface area (Å²) in [5, 5.41) is 3.07. The highest BCUT2D eigenvalue weighted by Gasteiger charge is 2.27. The number of carbonyl (C=O) groups excluding carboxylic acids is 1. The second kappa shape index (κ2) is 7.39. The highest BCUT2D eigenvalue weighted by atomic mass is 16.5. The molecular formula is C20H23NO3. The fourth-order valence-corrected chi connectivity index (χ4v) is 3.11. The highest BCUT2D eigenvalue weighted by Crippen LogP contribution is 2.32. The third kappa shape index (κ3) is 3.37. The van der Waals surface area contributed by atoms with E-state index in [-0.39, 0.29) is 11.9 Å². The number of ether oxygens (including phenoxy) is 2. The Balaban J connectivity index is 1.71. The Morgan fingerprint density at radius 2 is 1.75 bits per heavy atom. The van der Waals surface area contributed by atoms with Gasteiger partial charge in [-0.25, -0.2) is 0 Å². The van der Waals surface area contributed by atoms with Crippen molar-refractivity contribution in [3.05, 3.63) is 59.2 Å². The summed E-state index contributed by atoms with van der Waals surface area (Å²) in [6.45, 7) is 5.15. The molecule has 0 spiro atoms. The van der Waals surface area contributed by atoms with Crippen LogP contribution in [0.2, 0.25) is 0 Å². The molecule has 0 unspecified atom stereocenters. The zero-order valence-electron chi connectivity index (χ0n) is 14.2. The van der Waals surface area contributed by atoms with Crippen molar-refractivity contribution in [2.24, 2.45) is 0 Å². The van der Waals surface area contributed by atoms with Crippen LogP contribution in [0.4, 0.5) is 0 Å². The Morgan fingerprint density at radius 1 is 1.00 bits per heavy atom. The average molecular weight is 325 g/mol. The van der Waals surface area contributed by atoms with E-state index in [0.717, 1.165) is 35.5 Å². The van der Waals surface area contributed by atoms with Crippen LogP contribution < -0.4 is 14.8 Å². The molecule has 0 bridgehead atoms. The van der Waals surface area contributed by atoms with Gasteiger partial charge in [-0.15, -0.1) is 0 Å². The molecule has 1 aliphatic heterocycles. The molecule has 0 saturated heterocycles. The summed E-state index contributed by atoms with van der Waals surface area (Å²) in [6.07, 6.45) is 1.73. The van der Waals surface area contributed by atoms with Crippen LogP contribution in [0.15, 0.2) is 42.5 Å². The summed E-state index contributed by atoms with van der Waals surface area (Å²) in [5.74, 6) is 1.59. The standard InChI is InChI=1S/C20H23NO3/c1-3-23-18-12-10-14(13-19(18)24-4-2)9-11-17-15-7-5-6-8-16(15)20(22)21-17/h5-8,10,12-13,17H,3-4,9,11H2,1-2H3,(H,21,22)/t17-/m1/s1. The van der Waals surface area contributed by atoms with E-state index in [1.54, 1.807) is 0 Å². The van der Waals surface area contributed by atoms with Crippen molar-refractivity contribution in [3.63, 3.8) is 0 Å². The third-order valence-corrected chi connectivity index (χ3v) is 4.22. The predicted molar refractivity (Wildman–Crippen MR) is 93.8 cm³/mol. The molecule has 4 nitrogen and oxygen atoms in total. The molecule has 126 valence electrons. The molecule has 1 N–H and O–H groups in total. The zero-order valence-corrected chi connectivity index (χ0v) is 14.2. The predicted octanol–water partition coefficient (Wildman–Crippen LogP) is 3.90. The average Bonchev–Trinajstić information content (AvgIpc) is 2.92. The van der Waals surface area contributed by atoms with Crippen LogP contribution in [0.1, 0.15) is 47.8 Å². The Hall–Kier alpha value is -2.49. The van der Waals surface area contributed by atoms with Crippen molar-refractivity contribution in [2.45, 2.75) is 32.7 Å². The molecule has 4 heteroatoms. The zero-order chi connectivity index (χ0) is 16.9. The SMILES string of the molecule is CCOc1ccc(CC[C@H]2NC(=O)c3ccccc32)cc1OCC. The monoisotopic (exact) mass is 325 g/mol. The minimum Gasteiger partial charge on any atom is -0.490 e. The Bertz CT molecular complexity index is 727. The summed E-state index contributed by atoms with van der Waals surface area (Å²) >= 11 is 0. The number of rotatable bonds is 7. The molecule has 0 aliphatic carbocycles. The van der Waals surface area contributed by atoms with Crippen LogP contribution in [0.3, 0.4) is 0 Å².